The molecule has 2 N–H and O–H groups in total. The van der Waals surface area contributed by atoms with Crippen LogP contribution in [0.1, 0.15) is 27.0 Å². The van der Waals surface area contributed by atoms with E-state index in [1.165, 1.54) is 20.4 Å². The first-order valence-corrected chi connectivity index (χ1v) is 13.7. The summed E-state index contributed by atoms with van der Waals surface area (Å²) in [5.74, 6) is 0.962. The first kappa shape index (κ1) is 30.1. The molecular formula is C32H30BrN3O6. The van der Waals surface area contributed by atoms with Crippen molar-refractivity contribution in [2.45, 2.75) is 13.5 Å². The van der Waals surface area contributed by atoms with Crippen molar-refractivity contribution < 1.29 is 28.5 Å². The number of rotatable bonds is 12. The van der Waals surface area contributed by atoms with Gasteiger partial charge in [0.2, 0.25) is 0 Å². The molecule has 0 saturated carbocycles. The molecule has 0 saturated heterocycles. The number of amides is 2. The first-order valence-electron chi connectivity index (χ1n) is 12.9. The highest BCUT2D eigenvalue weighted by Gasteiger charge is 2.14. The SMILES string of the molecule is COc1cc(C(=O)N/N=C/c2cc(Br)c(OCC(=O)Nc3cccc(C)c3)c(OC)c2)ccc1OCc1ccccc1. The molecule has 0 aliphatic heterocycles. The molecule has 0 unspecified atom stereocenters. The summed E-state index contributed by atoms with van der Waals surface area (Å²) >= 11 is 3.46. The van der Waals surface area contributed by atoms with Crippen LogP contribution in [0.5, 0.6) is 23.0 Å². The molecule has 216 valence electrons. The number of hydrazone groups is 1. The molecule has 0 bridgehead atoms. The predicted molar refractivity (Wildman–Crippen MR) is 165 cm³/mol. The number of methoxy groups -OCH3 is 2. The Morgan fingerprint density at radius 3 is 2.38 bits per heavy atom. The average molecular weight is 633 g/mol. The highest BCUT2D eigenvalue weighted by molar-refractivity contribution is 9.10. The monoisotopic (exact) mass is 631 g/mol. The molecule has 4 aromatic rings. The summed E-state index contributed by atoms with van der Waals surface area (Å²) in [4.78, 5) is 25.1. The smallest absolute Gasteiger partial charge is 0.271 e. The van der Waals surface area contributed by atoms with E-state index in [4.69, 9.17) is 18.9 Å². The molecule has 0 aliphatic carbocycles. The molecule has 42 heavy (non-hydrogen) atoms. The van der Waals surface area contributed by atoms with Crippen molar-refractivity contribution >= 4 is 39.6 Å². The zero-order valence-electron chi connectivity index (χ0n) is 23.3. The van der Waals surface area contributed by atoms with E-state index in [2.05, 4.69) is 31.8 Å². The van der Waals surface area contributed by atoms with Crippen molar-refractivity contribution in [2.75, 3.05) is 26.1 Å². The third-order valence-corrected chi connectivity index (χ3v) is 6.53. The van der Waals surface area contributed by atoms with Gasteiger partial charge in [-0.2, -0.15) is 5.10 Å². The highest BCUT2D eigenvalue weighted by Crippen LogP contribution is 2.36. The maximum atomic E-state index is 12.7. The number of hydrogen-bond acceptors (Lipinski definition) is 7. The quantitative estimate of drug-likeness (QED) is 0.144. The van der Waals surface area contributed by atoms with Gasteiger partial charge in [0.05, 0.1) is 24.9 Å². The van der Waals surface area contributed by atoms with Gasteiger partial charge in [-0.15, -0.1) is 0 Å². The minimum Gasteiger partial charge on any atom is -0.493 e. The van der Waals surface area contributed by atoms with Crippen molar-refractivity contribution in [1.29, 1.82) is 0 Å². The number of nitrogens with one attached hydrogen (secondary N) is 2. The predicted octanol–water partition coefficient (Wildman–Crippen LogP) is 6.14. The lowest BCUT2D eigenvalue weighted by Gasteiger charge is -2.13. The molecule has 2 amide bonds. The van der Waals surface area contributed by atoms with Gasteiger partial charge in [0.15, 0.2) is 29.6 Å². The highest BCUT2D eigenvalue weighted by atomic mass is 79.9. The van der Waals surface area contributed by atoms with Crippen molar-refractivity contribution in [1.82, 2.24) is 5.43 Å². The Bertz CT molecular complexity index is 1580. The van der Waals surface area contributed by atoms with Gasteiger partial charge in [0, 0.05) is 11.3 Å². The van der Waals surface area contributed by atoms with Gasteiger partial charge in [-0.3, -0.25) is 9.59 Å². The number of carbonyl (C=O) groups excluding carboxylic acids is 2. The Morgan fingerprint density at radius 1 is 0.857 bits per heavy atom. The maximum absolute atomic E-state index is 12.7. The molecule has 0 heterocycles. The van der Waals surface area contributed by atoms with E-state index in [9.17, 15) is 9.59 Å². The molecule has 0 aromatic heterocycles. The van der Waals surface area contributed by atoms with Crippen LogP contribution in [0.4, 0.5) is 5.69 Å². The van der Waals surface area contributed by atoms with E-state index < -0.39 is 5.91 Å². The van der Waals surface area contributed by atoms with Gasteiger partial charge in [-0.05, 0) is 82.0 Å². The number of halogens is 1. The minimum absolute atomic E-state index is 0.216. The number of anilines is 1. The van der Waals surface area contributed by atoms with Gasteiger partial charge in [-0.25, -0.2) is 5.43 Å². The zero-order valence-corrected chi connectivity index (χ0v) is 24.9. The molecular weight excluding hydrogens is 602 g/mol. The molecule has 0 radical (unpaired) electrons. The molecule has 10 heteroatoms. The Labute approximate surface area is 252 Å². The summed E-state index contributed by atoms with van der Waals surface area (Å²) in [5, 5.41) is 6.87. The van der Waals surface area contributed by atoms with Crippen molar-refractivity contribution in [3.05, 3.63) is 112 Å². The van der Waals surface area contributed by atoms with E-state index in [1.54, 1.807) is 30.3 Å². The second-order valence-corrected chi connectivity index (χ2v) is 9.93. The maximum Gasteiger partial charge on any atom is 0.271 e. The minimum atomic E-state index is -0.426. The third kappa shape index (κ3) is 8.34. The first-order chi connectivity index (χ1) is 20.4. The van der Waals surface area contributed by atoms with E-state index in [0.29, 0.717) is 50.9 Å². The summed E-state index contributed by atoms with van der Waals surface area (Å²) < 4.78 is 23.0. The number of nitrogens with zero attached hydrogens (tertiary/aromatic N) is 1. The number of carbonyl (C=O) groups is 2. The number of aryl methyl sites for hydroxylation is 1. The Kier molecular flexibility index (Phi) is 10.5. The Balaban J connectivity index is 1.35. The van der Waals surface area contributed by atoms with E-state index in [-0.39, 0.29) is 12.5 Å². The zero-order chi connectivity index (χ0) is 29.9. The molecule has 9 nitrogen and oxygen atoms in total. The van der Waals surface area contributed by atoms with Crippen LogP contribution >= 0.6 is 15.9 Å². The molecule has 0 aliphatic rings. The molecule has 4 rings (SSSR count). The van der Waals surface area contributed by atoms with Crippen molar-refractivity contribution in [3.8, 4) is 23.0 Å². The van der Waals surface area contributed by atoms with E-state index in [1.807, 2.05) is 61.5 Å². The van der Waals surface area contributed by atoms with Crippen LogP contribution < -0.4 is 29.7 Å². The standard InChI is InChI=1S/C32H30BrN3O6/c1-21-8-7-11-25(14-21)35-30(37)20-42-31-26(33)15-23(16-29(31)40-3)18-34-36-32(38)24-12-13-27(28(17-24)39-2)41-19-22-9-5-4-6-10-22/h4-18H,19-20H2,1-3H3,(H,35,37)(H,36,38)/b34-18+. The van der Waals surface area contributed by atoms with Crippen LogP contribution in [-0.2, 0) is 11.4 Å². The topological polar surface area (TPSA) is 107 Å². The van der Waals surface area contributed by atoms with Crippen LogP contribution in [0.3, 0.4) is 0 Å². The largest absolute Gasteiger partial charge is 0.493 e. The Morgan fingerprint density at radius 2 is 1.64 bits per heavy atom. The van der Waals surface area contributed by atoms with Gasteiger partial charge < -0.3 is 24.3 Å². The summed E-state index contributed by atoms with van der Waals surface area (Å²) in [6, 6.07) is 25.6. The Hall–Kier alpha value is -4.83. The average Bonchev–Trinajstić information content (AvgIpc) is 2.99. The lowest BCUT2D eigenvalue weighted by atomic mass is 10.2. The second kappa shape index (κ2) is 14.7. The van der Waals surface area contributed by atoms with E-state index in [0.717, 1.165) is 11.1 Å². The number of hydrogen-bond donors (Lipinski definition) is 2. The third-order valence-electron chi connectivity index (χ3n) is 5.94. The number of benzene rings is 4. The second-order valence-electron chi connectivity index (χ2n) is 9.08. The fraction of sp³-hybridized carbons (Fsp3) is 0.156. The lowest BCUT2D eigenvalue weighted by Crippen LogP contribution is -2.20. The van der Waals surface area contributed by atoms with Crippen LogP contribution in [0, 0.1) is 6.92 Å². The molecule has 0 fully saturated rings. The summed E-state index contributed by atoms with van der Waals surface area (Å²) in [5.41, 5.74) is 6.22. The van der Waals surface area contributed by atoms with Crippen LogP contribution in [0.25, 0.3) is 0 Å². The molecule has 0 atom stereocenters. The summed E-state index contributed by atoms with van der Waals surface area (Å²) in [6.45, 7) is 2.10. The number of ether oxygens (including phenoxy) is 4. The molecule has 0 spiro atoms. The van der Waals surface area contributed by atoms with Gasteiger partial charge in [-0.1, -0.05) is 42.5 Å². The van der Waals surface area contributed by atoms with Crippen molar-refractivity contribution in [3.63, 3.8) is 0 Å². The fourth-order valence-electron chi connectivity index (χ4n) is 3.91. The summed E-state index contributed by atoms with van der Waals surface area (Å²) in [6.07, 6.45) is 1.47. The fourth-order valence-corrected chi connectivity index (χ4v) is 4.48. The normalized spacial score (nSPS) is 10.7. The van der Waals surface area contributed by atoms with Crippen LogP contribution in [-0.4, -0.2) is 38.9 Å². The van der Waals surface area contributed by atoms with Crippen LogP contribution in [0.15, 0.2) is 94.5 Å². The van der Waals surface area contributed by atoms with Crippen molar-refractivity contribution in [2.24, 2.45) is 5.10 Å². The lowest BCUT2D eigenvalue weighted by molar-refractivity contribution is -0.118. The molecule has 4 aromatic carbocycles. The van der Waals surface area contributed by atoms with Gasteiger partial charge in [0.25, 0.3) is 11.8 Å². The van der Waals surface area contributed by atoms with E-state index >= 15 is 0 Å². The van der Waals surface area contributed by atoms with Gasteiger partial charge in [0.1, 0.15) is 6.61 Å². The van der Waals surface area contributed by atoms with Gasteiger partial charge >= 0.3 is 0 Å². The summed E-state index contributed by atoms with van der Waals surface area (Å²) in [7, 11) is 3.00. The van der Waals surface area contributed by atoms with Crippen LogP contribution in [0.2, 0.25) is 0 Å².